The summed E-state index contributed by atoms with van der Waals surface area (Å²) in [5.74, 6) is -1.03. The number of hydrogen-bond acceptors (Lipinski definition) is 9. The summed E-state index contributed by atoms with van der Waals surface area (Å²) in [6.07, 6.45) is 0. The molecule has 6 rings (SSSR count). The van der Waals surface area contributed by atoms with E-state index in [1.54, 1.807) is 61.9 Å². The van der Waals surface area contributed by atoms with Gasteiger partial charge in [0.2, 0.25) is 0 Å². The number of imide groups is 1. The van der Waals surface area contributed by atoms with Crippen molar-refractivity contribution in [1.29, 1.82) is 0 Å². The van der Waals surface area contributed by atoms with Gasteiger partial charge in [0.05, 0.1) is 30.5 Å². The highest BCUT2D eigenvalue weighted by Crippen LogP contribution is 2.38. The lowest BCUT2D eigenvalue weighted by molar-refractivity contribution is -0.158. The van der Waals surface area contributed by atoms with Gasteiger partial charge in [-0.1, -0.05) is 6.07 Å². The zero-order chi connectivity index (χ0) is 32.4. The minimum Gasteiger partial charge on any atom is -0.497 e. The van der Waals surface area contributed by atoms with Gasteiger partial charge in [-0.3, -0.25) is 19.1 Å². The molecule has 0 radical (unpaired) electrons. The lowest BCUT2D eigenvalue weighted by Crippen LogP contribution is -2.52. The average Bonchev–Trinajstić information content (AvgIpc) is 3.69. The van der Waals surface area contributed by atoms with Gasteiger partial charge >= 0.3 is 12.0 Å². The Morgan fingerprint density at radius 3 is 2.53 bits per heavy atom. The standard InChI is InChI=1S/C32H34N6O7/c1-17-26(18(2)36(6)35-17)22-10-11-24-23(33-22)13-25(45-24)32(15-37-14-19-8-9-20(43-7)12-21(19)27(37)39)28(40)38(30(42)34-32)16-44-29(41)31(3,4)5/h8-13H,14-16H2,1-7H3,(H,34,42)/t32-/m0/s1. The van der Waals surface area contributed by atoms with Gasteiger partial charge in [-0.05, 0) is 64.4 Å². The van der Waals surface area contributed by atoms with E-state index in [1.165, 1.54) is 12.0 Å². The van der Waals surface area contributed by atoms with E-state index in [1.807, 2.05) is 20.9 Å². The Bertz CT molecular complexity index is 1900. The van der Waals surface area contributed by atoms with Crippen LogP contribution in [0.4, 0.5) is 4.79 Å². The first-order valence-electron chi connectivity index (χ1n) is 14.4. The van der Waals surface area contributed by atoms with Crippen molar-refractivity contribution in [3.05, 3.63) is 64.7 Å². The number of nitrogens with zero attached hydrogens (tertiary/aromatic N) is 5. The van der Waals surface area contributed by atoms with Gasteiger partial charge < -0.3 is 24.1 Å². The lowest BCUT2D eigenvalue weighted by atomic mass is 9.95. The minimum atomic E-state index is -1.83. The molecule has 1 fully saturated rings. The fourth-order valence-corrected chi connectivity index (χ4v) is 5.73. The molecule has 13 nitrogen and oxygen atoms in total. The number of rotatable bonds is 7. The third kappa shape index (κ3) is 4.88. The number of ether oxygens (including phenoxy) is 2. The smallest absolute Gasteiger partial charge is 0.328 e. The van der Waals surface area contributed by atoms with Crippen LogP contribution in [0.15, 0.2) is 40.8 Å². The Kier molecular flexibility index (Phi) is 6.94. The van der Waals surface area contributed by atoms with Crippen LogP contribution in [0, 0.1) is 19.3 Å². The van der Waals surface area contributed by atoms with Crippen LogP contribution in [0.3, 0.4) is 0 Å². The van der Waals surface area contributed by atoms with Crippen molar-refractivity contribution in [1.82, 2.24) is 29.9 Å². The van der Waals surface area contributed by atoms with Crippen LogP contribution >= 0.6 is 0 Å². The topological polar surface area (TPSA) is 149 Å². The highest BCUT2D eigenvalue weighted by molar-refractivity contribution is 6.08. The van der Waals surface area contributed by atoms with E-state index < -0.39 is 35.6 Å². The number of carbonyl (C=O) groups is 4. The summed E-state index contributed by atoms with van der Waals surface area (Å²) in [6, 6.07) is 9.55. The van der Waals surface area contributed by atoms with Crippen LogP contribution in [-0.2, 0) is 33.5 Å². The number of urea groups is 1. The quantitative estimate of drug-likeness (QED) is 0.242. The molecule has 3 aromatic heterocycles. The van der Waals surface area contributed by atoms with E-state index in [4.69, 9.17) is 18.9 Å². The first-order chi connectivity index (χ1) is 21.2. The molecule has 4 aromatic rings. The van der Waals surface area contributed by atoms with Gasteiger partial charge in [-0.2, -0.15) is 5.10 Å². The summed E-state index contributed by atoms with van der Waals surface area (Å²) in [7, 11) is 3.37. The van der Waals surface area contributed by atoms with Crippen LogP contribution in [0.5, 0.6) is 5.75 Å². The second-order valence-corrected chi connectivity index (χ2v) is 12.4. The van der Waals surface area contributed by atoms with Crippen molar-refractivity contribution in [3.8, 4) is 17.0 Å². The minimum absolute atomic E-state index is 0.0890. The number of methoxy groups -OCH3 is 1. The molecule has 0 saturated carbocycles. The predicted molar refractivity (Wildman–Crippen MR) is 161 cm³/mol. The number of aryl methyl sites for hydroxylation is 2. The summed E-state index contributed by atoms with van der Waals surface area (Å²) < 4.78 is 18.6. The van der Waals surface area contributed by atoms with Gasteiger partial charge in [-0.15, -0.1) is 0 Å². The number of furan rings is 1. The Labute approximate surface area is 259 Å². The third-order valence-corrected chi connectivity index (χ3v) is 8.30. The summed E-state index contributed by atoms with van der Waals surface area (Å²) >= 11 is 0. The molecule has 5 heterocycles. The fraction of sp³-hybridized carbons (Fsp3) is 0.375. The zero-order valence-corrected chi connectivity index (χ0v) is 26.2. The Morgan fingerprint density at radius 2 is 1.87 bits per heavy atom. The monoisotopic (exact) mass is 614 g/mol. The number of esters is 1. The van der Waals surface area contributed by atoms with Crippen molar-refractivity contribution < 1.29 is 33.1 Å². The highest BCUT2D eigenvalue weighted by atomic mass is 16.5. The molecule has 1 atom stereocenters. The van der Waals surface area contributed by atoms with E-state index in [0.717, 1.165) is 27.4 Å². The van der Waals surface area contributed by atoms with Crippen molar-refractivity contribution in [3.63, 3.8) is 0 Å². The number of nitrogens with one attached hydrogen (secondary N) is 1. The van der Waals surface area contributed by atoms with Crippen molar-refractivity contribution in [2.45, 2.75) is 46.7 Å². The Hall–Kier alpha value is -5.20. The van der Waals surface area contributed by atoms with Gasteiger partial charge in [0, 0.05) is 36.5 Å². The maximum Gasteiger partial charge on any atom is 0.328 e. The van der Waals surface area contributed by atoms with E-state index in [-0.39, 0.29) is 24.8 Å². The van der Waals surface area contributed by atoms with Gasteiger partial charge in [0.25, 0.3) is 11.8 Å². The maximum absolute atomic E-state index is 14.2. The molecule has 0 unspecified atom stereocenters. The van der Waals surface area contributed by atoms with Crippen molar-refractivity contribution in [2.24, 2.45) is 12.5 Å². The van der Waals surface area contributed by atoms with Crippen LogP contribution in [0.1, 0.15) is 53.8 Å². The van der Waals surface area contributed by atoms with E-state index >= 15 is 0 Å². The molecule has 234 valence electrons. The van der Waals surface area contributed by atoms with Crippen LogP contribution in [0.25, 0.3) is 22.4 Å². The van der Waals surface area contributed by atoms with Crippen LogP contribution in [0.2, 0.25) is 0 Å². The number of benzene rings is 1. The van der Waals surface area contributed by atoms with E-state index in [0.29, 0.717) is 28.1 Å². The highest BCUT2D eigenvalue weighted by Gasteiger charge is 2.57. The first kappa shape index (κ1) is 29.9. The molecule has 2 aliphatic heterocycles. The molecule has 45 heavy (non-hydrogen) atoms. The Balaban J connectivity index is 1.40. The molecule has 0 bridgehead atoms. The van der Waals surface area contributed by atoms with E-state index in [9.17, 15) is 19.2 Å². The van der Waals surface area contributed by atoms with Gasteiger partial charge in [-0.25, -0.2) is 14.7 Å². The summed E-state index contributed by atoms with van der Waals surface area (Å²) in [6.45, 7) is 8.21. The zero-order valence-electron chi connectivity index (χ0n) is 26.2. The molecular formula is C32H34N6O7. The third-order valence-electron chi connectivity index (χ3n) is 8.30. The number of fused-ring (bicyclic) bond motifs is 2. The van der Waals surface area contributed by atoms with Gasteiger partial charge in [0.15, 0.2) is 17.9 Å². The van der Waals surface area contributed by atoms with Gasteiger partial charge in [0.1, 0.15) is 17.0 Å². The van der Waals surface area contributed by atoms with Crippen molar-refractivity contribution >= 4 is 34.9 Å². The maximum atomic E-state index is 14.2. The molecule has 13 heteroatoms. The second kappa shape index (κ2) is 10.5. The molecule has 4 amide bonds. The number of pyridine rings is 1. The summed E-state index contributed by atoms with van der Waals surface area (Å²) in [5.41, 5.74) is 2.64. The molecule has 1 aromatic carbocycles. The largest absolute Gasteiger partial charge is 0.497 e. The molecule has 1 saturated heterocycles. The number of amides is 4. The summed E-state index contributed by atoms with van der Waals surface area (Å²) in [5, 5.41) is 7.25. The number of hydrogen-bond donors (Lipinski definition) is 1. The SMILES string of the molecule is COc1ccc2c(c1)C(=O)N(C[C@@]1(c3cc4nc(-c5c(C)nn(C)c5C)ccc4o3)NC(=O)N(COC(=O)C(C)(C)C)C1=O)C2. The molecule has 2 aliphatic rings. The molecule has 1 N–H and O–H groups in total. The average molecular weight is 615 g/mol. The van der Waals surface area contributed by atoms with Crippen LogP contribution in [-0.4, -0.2) is 68.8 Å². The Morgan fingerprint density at radius 1 is 1.11 bits per heavy atom. The van der Waals surface area contributed by atoms with Crippen LogP contribution < -0.4 is 10.1 Å². The van der Waals surface area contributed by atoms with E-state index in [2.05, 4.69) is 10.4 Å². The predicted octanol–water partition coefficient (Wildman–Crippen LogP) is 3.80. The molecule has 0 aliphatic carbocycles. The second-order valence-electron chi connectivity index (χ2n) is 12.4. The fourth-order valence-electron chi connectivity index (χ4n) is 5.73. The number of aromatic nitrogens is 3. The first-order valence-corrected chi connectivity index (χ1v) is 14.4. The lowest BCUT2D eigenvalue weighted by Gasteiger charge is -2.29. The molecule has 0 spiro atoms. The van der Waals surface area contributed by atoms with Crippen molar-refractivity contribution in [2.75, 3.05) is 20.4 Å². The molecular weight excluding hydrogens is 580 g/mol. The summed E-state index contributed by atoms with van der Waals surface area (Å²) in [4.78, 5) is 60.7. The normalized spacial score (nSPS) is 18.2. The number of carbonyl (C=O) groups excluding carboxylic acids is 4.